The van der Waals surface area contributed by atoms with Crippen LogP contribution in [0.5, 0.6) is 11.5 Å². The normalized spacial score (nSPS) is 14.0. The van der Waals surface area contributed by atoms with E-state index in [9.17, 15) is 9.18 Å². The van der Waals surface area contributed by atoms with E-state index in [-0.39, 0.29) is 18.3 Å². The number of carbonyl (C=O) groups is 1. The molecule has 6 heteroatoms. The molecule has 1 fully saturated rings. The molecule has 0 saturated carbocycles. The third-order valence-electron chi connectivity index (χ3n) is 4.32. The first-order valence-electron chi connectivity index (χ1n) is 9.72. The summed E-state index contributed by atoms with van der Waals surface area (Å²) < 4.78 is 29.2. The zero-order chi connectivity index (χ0) is 21.0. The topological polar surface area (TPSA) is 48.0 Å². The molecule has 0 aromatic heterocycles. The van der Waals surface area contributed by atoms with Crippen molar-refractivity contribution in [3.63, 3.8) is 0 Å². The van der Waals surface area contributed by atoms with Gasteiger partial charge in [0.25, 0.3) is 5.91 Å². The van der Waals surface area contributed by atoms with Crippen LogP contribution in [0.2, 0.25) is 0 Å². The molecule has 3 aromatic carbocycles. The fourth-order valence-corrected chi connectivity index (χ4v) is 2.79. The number of amides is 1. The van der Waals surface area contributed by atoms with E-state index in [0.29, 0.717) is 37.8 Å². The van der Waals surface area contributed by atoms with Gasteiger partial charge in [0.15, 0.2) is 11.5 Å². The Kier molecular flexibility index (Phi) is 8.23. The summed E-state index contributed by atoms with van der Waals surface area (Å²) in [6, 6.07) is 26.6. The van der Waals surface area contributed by atoms with Crippen LogP contribution in [-0.2, 0) is 4.74 Å². The van der Waals surface area contributed by atoms with Gasteiger partial charge in [-0.25, -0.2) is 4.39 Å². The lowest BCUT2D eigenvalue weighted by Crippen LogP contribution is -2.41. The van der Waals surface area contributed by atoms with Crippen LogP contribution in [0.1, 0.15) is 10.4 Å². The fraction of sp³-hybridized carbons (Fsp3) is 0.208. The van der Waals surface area contributed by atoms with Gasteiger partial charge in [0.2, 0.25) is 6.79 Å². The number of morpholine rings is 1. The van der Waals surface area contributed by atoms with Crippen LogP contribution < -0.4 is 9.47 Å². The molecule has 1 saturated heterocycles. The van der Waals surface area contributed by atoms with E-state index in [2.05, 4.69) is 0 Å². The number of ether oxygens (including phenoxy) is 3. The van der Waals surface area contributed by atoms with E-state index in [0.717, 1.165) is 0 Å². The molecule has 30 heavy (non-hydrogen) atoms. The Labute approximate surface area is 175 Å². The number of fused-ring (bicyclic) bond motifs is 1. The minimum atomic E-state index is -0.587. The summed E-state index contributed by atoms with van der Waals surface area (Å²) in [6.07, 6.45) is 0. The number of benzene rings is 3. The van der Waals surface area contributed by atoms with Gasteiger partial charge in [-0.2, -0.15) is 0 Å². The monoisotopic (exact) mass is 409 g/mol. The van der Waals surface area contributed by atoms with Crippen molar-refractivity contribution in [1.29, 1.82) is 0 Å². The summed E-state index contributed by atoms with van der Waals surface area (Å²) in [5.74, 6) is -0.177. The highest BCUT2D eigenvalue weighted by molar-refractivity contribution is 5.95. The van der Waals surface area contributed by atoms with E-state index in [1.54, 1.807) is 4.90 Å². The number of rotatable bonds is 1. The average molecular weight is 409 g/mol. The van der Waals surface area contributed by atoms with Gasteiger partial charge in [-0.1, -0.05) is 72.8 Å². The Morgan fingerprint density at radius 1 is 0.733 bits per heavy atom. The maximum atomic E-state index is 13.8. The minimum Gasteiger partial charge on any atom is -0.454 e. The van der Waals surface area contributed by atoms with Crippen molar-refractivity contribution in [2.45, 2.75) is 0 Å². The largest absolute Gasteiger partial charge is 0.454 e. The smallest absolute Gasteiger partial charge is 0.257 e. The average Bonchev–Trinajstić information content (AvgIpc) is 3.29. The van der Waals surface area contributed by atoms with Crippen molar-refractivity contribution in [3.05, 3.63) is 96.3 Å². The highest BCUT2D eigenvalue weighted by atomic mass is 19.1. The fourth-order valence-electron chi connectivity index (χ4n) is 2.79. The van der Waals surface area contributed by atoms with Crippen molar-refractivity contribution >= 4 is 5.91 Å². The van der Waals surface area contributed by atoms with Gasteiger partial charge in [0, 0.05) is 19.2 Å². The zero-order valence-corrected chi connectivity index (χ0v) is 16.6. The molecule has 0 unspecified atom stereocenters. The lowest BCUT2D eigenvalue weighted by atomic mass is 10.1. The molecule has 156 valence electrons. The number of nitrogens with zero attached hydrogens (tertiary/aromatic N) is 1. The summed E-state index contributed by atoms with van der Waals surface area (Å²) >= 11 is 0. The second-order valence-corrected chi connectivity index (χ2v) is 6.40. The first-order valence-corrected chi connectivity index (χ1v) is 9.72. The van der Waals surface area contributed by atoms with Crippen LogP contribution in [0.3, 0.4) is 0 Å². The Morgan fingerprint density at radius 2 is 1.17 bits per heavy atom. The van der Waals surface area contributed by atoms with Crippen molar-refractivity contribution in [3.8, 4) is 11.5 Å². The van der Waals surface area contributed by atoms with Crippen molar-refractivity contribution in [2.75, 3.05) is 33.1 Å². The number of halogens is 1. The van der Waals surface area contributed by atoms with Crippen LogP contribution in [0.4, 0.5) is 4.39 Å². The molecule has 3 aromatic rings. The third-order valence-corrected chi connectivity index (χ3v) is 4.32. The molecule has 0 atom stereocenters. The number of hydrogen-bond acceptors (Lipinski definition) is 4. The molecule has 0 radical (unpaired) electrons. The maximum absolute atomic E-state index is 13.8. The van der Waals surface area contributed by atoms with Gasteiger partial charge in [-0.15, -0.1) is 0 Å². The van der Waals surface area contributed by atoms with Gasteiger partial charge in [-0.05, 0) is 6.07 Å². The molecular weight excluding hydrogens is 385 g/mol. The van der Waals surface area contributed by atoms with Crippen molar-refractivity contribution in [2.24, 2.45) is 0 Å². The van der Waals surface area contributed by atoms with E-state index >= 15 is 0 Å². The number of carbonyl (C=O) groups excluding carboxylic acids is 1. The van der Waals surface area contributed by atoms with Gasteiger partial charge in [0.1, 0.15) is 5.82 Å². The molecule has 5 rings (SSSR count). The van der Waals surface area contributed by atoms with E-state index in [1.807, 2.05) is 72.8 Å². The van der Waals surface area contributed by atoms with Gasteiger partial charge >= 0.3 is 0 Å². The lowest BCUT2D eigenvalue weighted by molar-refractivity contribution is 0.0299. The SMILES string of the molecule is O=C(c1cc2c(cc1F)OCO2)N1CCOCC1.c1ccccc1.c1ccccc1. The van der Waals surface area contributed by atoms with E-state index < -0.39 is 5.82 Å². The predicted molar refractivity (Wildman–Crippen MR) is 112 cm³/mol. The Morgan fingerprint density at radius 3 is 1.63 bits per heavy atom. The van der Waals surface area contributed by atoms with E-state index in [4.69, 9.17) is 14.2 Å². The minimum absolute atomic E-state index is 0.0150. The Balaban J connectivity index is 0.000000173. The molecule has 2 aliphatic rings. The zero-order valence-electron chi connectivity index (χ0n) is 16.6. The molecule has 1 amide bonds. The van der Waals surface area contributed by atoms with Crippen LogP contribution >= 0.6 is 0 Å². The van der Waals surface area contributed by atoms with Crippen molar-refractivity contribution in [1.82, 2.24) is 4.90 Å². The quantitative estimate of drug-likeness (QED) is 0.598. The first-order chi connectivity index (χ1) is 14.8. The van der Waals surface area contributed by atoms with Gasteiger partial charge in [-0.3, -0.25) is 4.79 Å². The highest BCUT2D eigenvalue weighted by Gasteiger charge is 2.25. The van der Waals surface area contributed by atoms with E-state index in [1.165, 1.54) is 12.1 Å². The molecule has 0 aliphatic carbocycles. The Hall–Kier alpha value is -3.38. The predicted octanol–water partition coefficient (Wildman–Crippen LogP) is 4.40. The summed E-state index contributed by atoms with van der Waals surface area (Å²) in [5, 5.41) is 0. The maximum Gasteiger partial charge on any atom is 0.257 e. The highest BCUT2D eigenvalue weighted by Crippen LogP contribution is 2.34. The summed E-state index contributed by atoms with van der Waals surface area (Å²) in [6.45, 7) is 1.99. The standard InChI is InChI=1S/C12H12FNO4.2C6H6/c13-9-6-11-10(17-7-18-11)5-8(9)12(15)14-1-3-16-4-2-14;2*1-2-4-6-5-3-1/h5-6H,1-4,7H2;2*1-6H. The summed E-state index contributed by atoms with van der Waals surface area (Å²) in [7, 11) is 0. The van der Waals surface area contributed by atoms with Gasteiger partial charge < -0.3 is 19.1 Å². The second kappa shape index (κ2) is 11.6. The first kappa shape index (κ1) is 21.3. The second-order valence-electron chi connectivity index (χ2n) is 6.40. The Bertz CT molecular complexity index is 815. The van der Waals surface area contributed by atoms with Crippen molar-refractivity contribution < 1.29 is 23.4 Å². The van der Waals surface area contributed by atoms with Crippen LogP contribution in [0.15, 0.2) is 84.9 Å². The summed E-state index contributed by atoms with van der Waals surface area (Å²) in [4.78, 5) is 13.7. The third kappa shape index (κ3) is 6.32. The molecule has 0 N–H and O–H groups in total. The summed E-state index contributed by atoms with van der Waals surface area (Å²) in [5.41, 5.74) is 0.0150. The van der Waals surface area contributed by atoms with Gasteiger partial charge in [0.05, 0.1) is 18.8 Å². The molecule has 2 aliphatic heterocycles. The molecule has 0 spiro atoms. The molecule has 5 nitrogen and oxygen atoms in total. The van der Waals surface area contributed by atoms with Crippen LogP contribution in [-0.4, -0.2) is 43.9 Å². The molecule has 2 heterocycles. The van der Waals surface area contributed by atoms with Crippen LogP contribution in [0, 0.1) is 5.82 Å². The molecule has 0 bridgehead atoms. The lowest BCUT2D eigenvalue weighted by Gasteiger charge is -2.27. The molecular formula is C24H24FNO4. The number of hydrogen-bond donors (Lipinski definition) is 0. The van der Waals surface area contributed by atoms with Crippen LogP contribution in [0.25, 0.3) is 0 Å².